The summed E-state index contributed by atoms with van der Waals surface area (Å²) in [5, 5.41) is 13.2. The predicted octanol–water partition coefficient (Wildman–Crippen LogP) is 5.05. The van der Waals surface area contributed by atoms with E-state index < -0.39 is 0 Å². The molecule has 0 bridgehead atoms. The second kappa shape index (κ2) is 11.0. The van der Waals surface area contributed by atoms with E-state index in [1.807, 2.05) is 18.2 Å². The van der Waals surface area contributed by atoms with Gasteiger partial charge in [-0.3, -0.25) is 4.90 Å². The first-order valence-corrected chi connectivity index (χ1v) is 11.5. The van der Waals surface area contributed by atoms with E-state index in [0.717, 1.165) is 56.0 Å². The van der Waals surface area contributed by atoms with E-state index in [0.29, 0.717) is 6.61 Å². The number of piperazine rings is 1. The van der Waals surface area contributed by atoms with E-state index in [4.69, 9.17) is 4.74 Å². The molecule has 3 aromatic rings. The number of nitrogens with one attached hydrogen (secondary N) is 1. The monoisotopic (exact) mass is 428 g/mol. The number of hydrogen-bond acceptors (Lipinski definition) is 4. The van der Waals surface area contributed by atoms with Crippen molar-refractivity contribution >= 4 is 11.1 Å². The number of ether oxygens (including phenoxy) is 1. The zero-order valence-electron chi connectivity index (χ0n) is 18.8. The highest BCUT2D eigenvalue weighted by atomic mass is 16.5. The molecular weight excluding hydrogens is 396 g/mol. The Balaban J connectivity index is 1.58. The van der Waals surface area contributed by atoms with Gasteiger partial charge in [-0.1, -0.05) is 61.5 Å². The first-order chi connectivity index (χ1) is 15.7. The average Bonchev–Trinajstić information content (AvgIpc) is 2.85. The van der Waals surface area contributed by atoms with Gasteiger partial charge in [0.25, 0.3) is 0 Å². The quantitative estimate of drug-likeness (QED) is 0.493. The van der Waals surface area contributed by atoms with Crippen LogP contribution in [0.1, 0.15) is 30.0 Å². The van der Waals surface area contributed by atoms with Crippen LogP contribution in [-0.2, 0) is 0 Å². The van der Waals surface area contributed by atoms with Crippen molar-refractivity contribution in [3.05, 3.63) is 95.6 Å². The van der Waals surface area contributed by atoms with Crippen LogP contribution in [-0.4, -0.2) is 49.3 Å². The van der Waals surface area contributed by atoms with Crippen LogP contribution < -0.4 is 10.1 Å². The molecule has 1 aliphatic rings. The second-order valence-electron chi connectivity index (χ2n) is 8.08. The topological polar surface area (TPSA) is 44.7 Å². The maximum atomic E-state index is 9.80. The van der Waals surface area contributed by atoms with Crippen molar-refractivity contribution in [3.8, 4) is 11.5 Å². The van der Waals surface area contributed by atoms with Gasteiger partial charge >= 0.3 is 0 Å². The Kier molecular flexibility index (Phi) is 7.59. The molecular formula is C28H32N2O2. The number of rotatable bonds is 8. The van der Waals surface area contributed by atoms with Crippen LogP contribution in [0.3, 0.4) is 0 Å². The van der Waals surface area contributed by atoms with Crippen molar-refractivity contribution < 1.29 is 9.84 Å². The van der Waals surface area contributed by atoms with E-state index >= 15 is 0 Å². The molecule has 0 radical (unpaired) electrons. The van der Waals surface area contributed by atoms with Gasteiger partial charge < -0.3 is 15.2 Å². The van der Waals surface area contributed by atoms with E-state index in [9.17, 15) is 5.11 Å². The summed E-state index contributed by atoms with van der Waals surface area (Å²) in [5.74, 6) is 1.17. The molecule has 0 atom stereocenters. The molecule has 1 aliphatic heterocycles. The highest BCUT2D eigenvalue weighted by Crippen LogP contribution is 2.35. The molecule has 3 aromatic carbocycles. The maximum absolute atomic E-state index is 9.80. The number of nitrogens with zero attached hydrogens (tertiary/aromatic N) is 1. The minimum Gasteiger partial charge on any atom is -0.508 e. The zero-order chi connectivity index (χ0) is 22.2. The van der Waals surface area contributed by atoms with Crippen molar-refractivity contribution in [2.24, 2.45) is 0 Å². The van der Waals surface area contributed by atoms with Gasteiger partial charge in [0.2, 0.25) is 0 Å². The minimum absolute atomic E-state index is 0.277. The average molecular weight is 429 g/mol. The summed E-state index contributed by atoms with van der Waals surface area (Å²) in [4.78, 5) is 2.43. The van der Waals surface area contributed by atoms with E-state index in [1.54, 1.807) is 12.1 Å². The predicted molar refractivity (Wildman–Crippen MR) is 132 cm³/mol. The van der Waals surface area contributed by atoms with Gasteiger partial charge in [0.1, 0.15) is 18.1 Å². The largest absolute Gasteiger partial charge is 0.508 e. The maximum Gasteiger partial charge on any atom is 0.119 e. The summed E-state index contributed by atoms with van der Waals surface area (Å²) >= 11 is 0. The van der Waals surface area contributed by atoms with Crippen LogP contribution >= 0.6 is 0 Å². The lowest BCUT2D eigenvalue weighted by Gasteiger charge is -2.26. The van der Waals surface area contributed by atoms with Gasteiger partial charge in [0.05, 0.1) is 0 Å². The number of phenols is 1. The summed E-state index contributed by atoms with van der Waals surface area (Å²) in [7, 11) is 0. The van der Waals surface area contributed by atoms with Gasteiger partial charge in [-0.05, 0) is 58.5 Å². The number of phenolic OH excluding ortho intramolecular Hbond substituents is 1. The highest BCUT2D eigenvalue weighted by Gasteiger charge is 2.14. The van der Waals surface area contributed by atoms with Crippen LogP contribution in [0.4, 0.5) is 0 Å². The van der Waals surface area contributed by atoms with Crippen molar-refractivity contribution in [1.29, 1.82) is 0 Å². The molecule has 0 aromatic heterocycles. The molecule has 0 aliphatic carbocycles. The lowest BCUT2D eigenvalue weighted by atomic mass is 9.88. The first-order valence-electron chi connectivity index (χ1n) is 11.5. The number of allylic oxidation sites excluding steroid dienone is 1. The van der Waals surface area contributed by atoms with Crippen LogP contribution in [0.2, 0.25) is 0 Å². The van der Waals surface area contributed by atoms with Crippen molar-refractivity contribution in [2.45, 2.75) is 13.3 Å². The Hall–Kier alpha value is -3.08. The van der Waals surface area contributed by atoms with Gasteiger partial charge in [-0.25, -0.2) is 0 Å². The molecule has 1 fully saturated rings. The molecule has 2 N–H and O–H groups in total. The van der Waals surface area contributed by atoms with Crippen molar-refractivity contribution in [1.82, 2.24) is 10.2 Å². The summed E-state index contributed by atoms with van der Waals surface area (Å²) in [5.41, 5.74) is 5.92. The van der Waals surface area contributed by atoms with Gasteiger partial charge in [0.15, 0.2) is 0 Å². The second-order valence-corrected chi connectivity index (χ2v) is 8.08. The molecule has 166 valence electrons. The first kappa shape index (κ1) is 22.1. The Morgan fingerprint density at radius 3 is 2.09 bits per heavy atom. The molecule has 4 rings (SSSR count). The third-order valence-corrected chi connectivity index (χ3v) is 5.96. The number of benzene rings is 3. The Bertz CT molecular complexity index is 1010. The molecule has 1 heterocycles. The van der Waals surface area contributed by atoms with Gasteiger partial charge in [-0.15, -0.1) is 0 Å². The normalized spacial score (nSPS) is 15.3. The minimum atomic E-state index is 0.277. The standard InChI is InChI=1S/C28H32N2O2/c1-2-27(22-6-4-3-5-7-22)28(23-8-12-25(31)13-9-23)24-10-14-26(15-11-24)32-21-20-30-18-16-29-17-19-30/h3-15,29,31H,2,16-21H2,1H3/b28-27-. The van der Waals surface area contributed by atoms with Gasteiger partial charge in [-0.2, -0.15) is 0 Å². The summed E-state index contributed by atoms with van der Waals surface area (Å²) in [6.45, 7) is 8.13. The van der Waals surface area contributed by atoms with Crippen molar-refractivity contribution in [2.75, 3.05) is 39.3 Å². The lowest BCUT2D eigenvalue weighted by molar-refractivity contribution is 0.191. The van der Waals surface area contributed by atoms with Crippen molar-refractivity contribution in [3.63, 3.8) is 0 Å². The van der Waals surface area contributed by atoms with Crippen LogP contribution in [0.15, 0.2) is 78.9 Å². The van der Waals surface area contributed by atoms with Crippen LogP contribution in [0.5, 0.6) is 11.5 Å². The fourth-order valence-corrected chi connectivity index (χ4v) is 4.25. The van der Waals surface area contributed by atoms with Crippen LogP contribution in [0.25, 0.3) is 11.1 Å². The molecule has 0 saturated carbocycles. The van der Waals surface area contributed by atoms with Gasteiger partial charge in [0, 0.05) is 32.7 Å². The summed E-state index contributed by atoms with van der Waals surface area (Å²) in [6.07, 6.45) is 0.906. The third-order valence-electron chi connectivity index (χ3n) is 5.96. The van der Waals surface area contributed by atoms with E-state index in [1.165, 1.54) is 16.7 Å². The number of hydrogen-bond donors (Lipinski definition) is 2. The van der Waals surface area contributed by atoms with E-state index in [2.05, 4.69) is 65.7 Å². The number of aromatic hydroxyl groups is 1. The zero-order valence-corrected chi connectivity index (χ0v) is 18.8. The van der Waals surface area contributed by atoms with E-state index in [-0.39, 0.29) is 5.75 Å². The lowest BCUT2D eigenvalue weighted by Crippen LogP contribution is -2.44. The van der Waals surface area contributed by atoms with Crippen LogP contribution in [0, 0.1) is 0 Å². The molecule has 4 nitrogen and oxygen atoms in total. The third kappa shape index (κ3) is 5.58. The highest BCUT2D eigenvalue weighted by molar-refractivity contribution is 5.98. The molecule has 1 saturated heterocycles. The molecule has 0 spiro atoms. The smallest absolute Gasteiger partial charge is 0.119 e. The molecule has 0 unspecified atom stereocenters. The summed E-state index contributed by atoms with van der Waals surface area (Å²) < 4.78 is 6.03. The molecule has 32 heavy (non-hydrogen) atoms. The SMILES string of the molecule is CC/C(=C(\c1ccc(O)cc1)c1ccc(OCCN2CCNCC2)cc1)c1ccccc1. The Morgan fingerprint density at radius 1 is 0.844 bits per heavy atom. The summed E-state index contributed by atoms with van der Waals surface area (Å²) in [6, 6.07) is 26.4. The Morgan fingerprint density at radius 2 is 1.47 bits per heavy atom. The fourth-order valence-electron chi connectivity index (χ4n) is 4.25. The molecule has 4 heteroatoms. The Labute approximate surface area is 191 Å². The fraction of sp³-hybridized carbons (Fsp3) is 0.286. The molecule has 0 amide bonds.